The minimum absolute atomic E-state index is 0.00132. The second-order valence-electron chi connectivity index (χ2n) is 18.7. The number of imide groups is 1. The van der Waals surface area contributed by atoms with Gasteiger partial charge in [0.05, 0.1) is 41.0 Å². The van der Waals surface area contributed by atoms with E-state index >= 15 is 8.78 Å². The first-order valence-corrected chi connectivity index (χ1v) is 22.5. The fourth-order valence-corrected chi connectivity index (χ4v) is 10.6. The Morgan fingerprint density at radius 2 is 1.74 bits per heavy atom. The molecule has 65 heavy (non-hydrogen) atoms. The van der Waals surface area contributed by atoms with Gasteiger partial charge in [0.15, 0.2) is 0 Å². The number of methoxy groups -OCH3 is 1. The molecule has 5 aromatic rings. The van der Waals surface area contributed by atoms with Crippen LogP contribution in [0.4, 0.5) is 14.5 Å². The summed E-state index contributed by atoms with van der Waals surface area (Å²) in [6, 6.07) is 19.6. The summed E-state index contributed by atoms with van der Waals surface area (Å²) >= 11 is 12.5. The number of amides is 3. The van der Waals surface area contributed by atoms with E-state index in [1.807, 2.05) is 51.1 Å². The lowest BCUT2D eigenvalue weighted by molar-refractivity contribution is -0.135. The molecule has 5 atom stereocenters. The van der Waals surface area contributed by atoms with Crippen LogP contribution in [0.1, 0.15) is 93.0 Å². The molecule has 0 radical (unpaired) electrons. The van der Waals surface area contributed by atoms with E-state index in [9.17, 15) is 24.4 Å². The molecule has 3 N–H and O–H groups in total. The molecule has 3 fully saturated rings. The molecule has 1 unspecified atom stereocenters. The molecular formula is C49H51Cl2F2N7O5. The van der Waals surface area contributed by atoms with Crippen molar-refractivity contribution in [2.45, 2.75) is 94.8 Å². The molecule has 4 aromatic carbocycles. The Labute approximate surface area is 385 Å². The van der Waals surface area contributed by atoms with Gasteiger partial charge in [-0.2, -0.15) is 5.26 Å². The van der Waals surface area contributed by atoms with Crippen LogP contribution in [0.5, 0.6) is 5.75 Å². The second-order valence-corrected chi connectivity index (χ2v) is 19.5. The predicted molar refractivity (Wildman–Crippen MR) is 245 cm³/mol. The number of halogens is 4. The van der Waals surface area contributed by atoms with Crippen molar-refractivity contribution in [2.75, 3.05) is 25.5 Å². The molecule has 3 amide bonds. The normalized spacial score (nSPS) is 23.1. The van der Waals surface area contributed by atoms with Crippen LogP contribution >= 0.6 is 23.2 Å². The molecule has 1 aromatic heterocycles. The van der Waals surface area contributed by atoms with Crippen LogP contribution in [0.2, 0.25) is 10.0 Å². The number of imidazole rings is 1. The van der Waals surface area contributed by atoms with Gasteiger partial charge in [-0.15, -0.1) is 0 Å². The first-order chi connectivity index (χ1) is 30.9. The first kappa shape index (κ1) is 46.0. The van der Waals surface area contributed by atoms with Gasteiger partial charge < -0.3 is 15.4 Å². The van der Waals surface area contributed by atoms with E-state index in [0.717, 1.165) is 48.6 Å². The Kier molecular flexibility index (Phi) is 12.7. The van der Waals surface area contributed by atoms with Crippen molar-refractivity contribution in [2.24, 2.45) is 12.5 Å². The summed E-state index contributed by atoms with van der Waals surface area (Å²) in [5.74, 6) is -3.49. The average Bonchev–Trinajstić information content (AvgIpc) is 3.71. The van der Waals surface area contributed by atoms with Crippen molar-refractivity contribution >= 4 is 57.6 Å². The van der Waals surface area contributed by atoms with Gasteiger partial charge in [-0.25, -0.2) is 13.6 Å². The Morgan fingerprint density at radius 3 is 2.42 bits per heavy atom. The van der Waals surface area contributed by atoms with Crippen LogP contribution in [0.25, 0.3) is 11.0 Å². The minimum atomic E-state index is -1.77. The summed E-state index contributed by atoms with van der Waals surface area (Å²) < 4.78 is 41.2. The lowest BCUT2D eigenvalue weighted by atomic mass is 9.62. The Morgan fingerprint density at radius 1 is 0.985 bits per heavy atom. The van der Waals surface area contributed by atoms with Gasteiger partial charge in [0.2, 0.25) is 17.7 Å². The molecule has 3 aliphatic heterocycles. The van der Waals surface area contributed by atoms with Crippen LogP contribution < -0.4 is 26.4 Å². The van der Waals surface area contributed by atoms with Gasteiger partial charge in [-0.1, -0.05) is 74.3 Å². The van der Waals surface area contributed by atoms with Crippen LogP contribution in [0.3, 0.4) is 0 Å². The number of piperidine rings is 2. The van der Waals surface area contributed by atoms with Gasteiger partial charge in [0.25, 0.3) is 0 Å². The Hall–Kier alpha value is -5.59. The number of nitrogens with zero attached hydrogens (tertiary/aromatic N) is 4. The van der Waals surface area contributed by atoms with Crippen LogP contribution in [-0.4, -0.2) is 64.0 Å². The van der Waals surface area contributed by atoms with Crippen molar-refractivity contribution in [1.29, 1.82) is 5.26 Å². The fraction of sp³-hybridized carbons (Fsp3) is 0.408. The fourth-order valence-electron chi connectivity index (χ4n) is 10.3. The van der Waals surface area contributed by atoms with Gasteiger partial charge in [0.1, 0.15) is 28.8 Å². The minimum Gasteiger partial charge on any atom is -0.495 e. The molecule has 3 saturated heterocycles. The Balaban J connectivity index is 1.00. The predicted octanol–water partition coefficient (Wildman–Crippen LogP) is 8.25. The van der Waals surface area contributed by atoms with Crippen molar-refractivity contribution in [3.8, 4) is 11.8 Å². The number of hydrogen-bond acceptors (Lipinski definition) is 8. The molecular weight excluding hydrogens is 875 g/mol. The maximum absolute atomic E-state index is 16.2. The summed E-state index contributed by atoms with van der Waals surface area (Å²) in [4.78, 5) is 54.7. The highest BCUT2D eigenvalue weighted by molar-refractivity contribution is 6.31. The lowest BCUT2D eigenvalue weighted by Crippen LogP contribution is -2.45. The summed E-state index contributed by atoms with van der Waals surface area (Å²) in [5, 5.41) is 19.8. The maximum Gasteiger partial charge on any atom is 0.329 e. The van der Waals surface area contributed by atoms with E-state index in [-0.39, 0.29) is 51.5 Å². The second kappa shape index (κ2) is 18.0. The molecule has 0 spiro atoms. The third kappa shape index (κ3) is 8.67. The number of aryl methyl sites for hydroxylation is 1. The number of fused-ring (bicyclic) bond motifs is 1. The average molecular weight is 927 g/mol. The lowest BCUT2D eigenvalue weighted by Gasteiger charge is -2.37. The van der Waals surface area contributed by atoms with Crippen molar-refractivity contribution < 1.29 is 27.9 Å². The third-order valence-electron chi connectivity index (χ3n) is 13.4. The van der Waals surface area contributed by atoms with E-state index in [1.165, 1.54) is 35.9 Å². The molecule has 4 heterocycles. The quantitative estimate of drug-likeness (QED) is 0.119. The van der Waals surface area contributed by atoms with Crippen molar-refractivity contribution in [3.63, 3.8) is 0 Å². The summed E-state index contributed by atoms with van der Waals surface area (Å²) in [5.41, 5.74) is 1.34. The smallest absolute Gasteiger partial charge is 0.329 e. The molecule has 8 rings (SSSR count). The number of anilines is 1. The highest BCUT2D eigenvalue weighted by atomic mass is 35.5. The van der Waals surface area contributed by atoms with Crippen LogP contribution in [0.15, 0.2) is 77.6 Å². The third-order valence-corrected chi connectivity index (χ3v) is 13.9. The molecule has 0 bridgehead atoms. The number of hydrogen-bond donors (Lipinski definition) is 3. The number of likely N-dealkylation sites (tertiary alicyclic amines) is 1. The SMILES string of the molecule is COc1cc(CN2CCC(c3ccc4c(c3)n(C)c(=O)n4C3CCC(=O)NC3=O)CC2)ccc1NC(=O)[C@@H]1N[C@@H](CC(C)(C)C)[C@](C#N)(c2ccc(Cl)cc2F)[C@H]1c1cccc(Cl)c1F. The van der Waals surface area contributed by atoms with Crippen molar-refractivity contribution in [1.82, 2.24) is 24.7 Å². The van der Waals surface area contributed by atoms with E-state index < -0.39 is 58.3 Å². The molecule has 3 aliphatic rings. The van der Waals surface area contributed by atoms with E-state index in [2.05, 4.69) is 26.9 Å². The van der Waals surface area contributed by atoms with Gasteiger partial charge in [-0.05, 0) is 109 Å². The number of ether oxygens (including phenoxy) is 1. The maximum atomic E-state index is 16.2. The monoisotopic (exact) mass is 925 g/mol. The van der Waals surface area contributed by atoms with E-state index in [4.69, 9.17) is 27.9 Å². The topological polar surface area (TPSA) is 150 Å². The first-order valence-electron chi connectivity index (χ1n) is 21.8. The highest BCUT2D eigenvalue weighted by Crippen LogP contribution is 2.53. The molecule has 16 heteroatoms. The van der Waals surface area contributed by atoms with Crippen molar-refractivity contribution in [3.05, 3.63) is 127 Å². The number of carbonyl (C=O) groups excluding carboxylic acids is 3. The highest BCUT2D eigenvalue weighted by Gasteiger charge is 2.61. The summed E-state index contributed by atoms with van der Waals surface area (Å²) in [7, 11) is 3.20. The Bertz CT molecular complexity index is 2810. The summed E-state index contributed by atoms with van der Waals surface area (Å²) in [6.45, 7) is 8.16. The number of carbonyl (C=O) groups is 3. The standard InChI is InChI=1S/C49H51Cl2F2N7O5/c1-48(2,3)24-40-49(26-54,32-12-11-30(50)23-34(32)52)42(31-7-6-8-33(51)43(31)53)44(56-40)46(63)55-35-13-9-27(21-39(35)65-5)25-59-19-17-28(18-20-59)29-10-14-36-38(22-29)58(4)47(64)60(36)37-15-16-41(61)57-45(37)62/h6-14,21-23,28,37,40,42,44,56H,15-20,24-25H2,1-5H3,(H,55,63)(H,57,61,62)/t37?,40-,42-,44+,49-/m0/s1. The number of rotatable bonds is 10. The molecule has 12 nitrogen and oxygen atoms in total. The number of nitriles is 1. The van der Waals surface area contributed by atoms with Gasteiger partial charge >= 0.3 is 5.69 Å². The number of benzene rings is 4. The number of nitrogens with one attached hydrogen (secondary N) is 3. The zero-order valence-corrected chi connectivity index (χ0v) is 38.3. The molecule has 0 saturated carbocycles. The largest absolute Gasteiger partial charge is 0.495 e. The van der Waals surface area contributed by atoms with Gasteiger partial charge in [-0.3, -0.25) is 33.7 Å². The van der Waals surface area contributed by atoms with Gasteiger partial charge in [0, 0.05) is 42.6 Å². The molecule has 0 aliphatic carbocycles. The zero-order valence-electron chi connectivity index (χ0n) is 36.8. The van der Waals surface area contributed by atoms with Crippen LogP contribution in [-0.2, 0) is 33.4 Å². The molecule has 340 valence electrons. The summed E-state index contributed by atoms with van der Waals surface area (Å²) in [6.07, 6.45) is 2.53. The number of aromatic nitrogens is 2. The van der Waals surface area contributed by atoms with Crippen LogP contribution in [0, 0.1) is 28.4 Å². The zero-order chi connectivity index (χ0) is 46.5. The van der Waals surface area contributed by atoms with E-state index in [0.29, 0.717) is 29.9 Å². The van der Waals surface area contributed by atoms with E-state index in [1.54, 1.807) is 23.7 Å².